The van der Waals surface area contributed by atoms with Crippen LogP contribution in [-0.4, -0.2) is 16.2 Å². The van der Waals surface area contributed by atoms with Gasteiger partial charge in [-0.25, -0.2) is 4.72 Å². The van der Waals surface area contributed by atoms with Crippen molar-refractivity contribution in [3.8, 4) is 11.7 Å². The zero-order chi connectivity index (χ0) is 5.91. The minimum absolute atomic E-state index is 1.38. The quantitative estimate of drug-likeness (QED) is 0.442. The highest BCUT2D eigenvalue weighted by Gasteiger charge is 1.98. The Morgan fingerprint density at radius 3 is 2.14 bits per heavy atom. The molecule has 0 rings (SSSR count). The summed E-state index contributed by atoms with van der Waals surface area (Å²) in [6.07, 6.45) is 4.64. The summed E-state index contributed by atoms with van der Waals surface area (Å²) in [7, 11) is -1.50. The third-order valence-electron chi connectivity index (χ3n) is 0.449. The Bertz CT molecular complexity index is 95.6. The molecule has 4 heteroatoms. The minimum atomic E-state index is -2.88. The number of rotatable bonds is 1. The monoisotopic (exact) mass is 121 g/mol. The van der Waals surface area contributed by atoms with Crippen LogP contribution in [0.2, 0.25) is 0 Å². The van der Waals surface area contributed by atoms with E-state index in [9.17, 15) is 0 Å². The van der Waals surface area contributed by atoms with Crippen LogP contribution in [0.25, 0.3) is 0 Å². The van der Waals surface area contributed by atoms with E-state index in [1.54, 1.807) is 5.25 Å². The molecule has 0 aliphatic carbocycles. The molecule has 3 N–H and O–H groups in total. The highest BCUT2D eigenvalue weighted by molar-refractivity contribution is 8.26. The molecule has 0 aliphatic rings. The average molecular weight is 121 g/mol. The van der Waals surface area contributed by atoms with Gasteiger partial charge in [-0.15, -0.1) is 0 Å². The van der Waals surface area contributed by atoms with Gasteiger partial charge in [-0.2, -0.15) is 0 Å². The van der Waals surface area contributed by atoms with Gasteiger partial charge in [-0.3, -0.25) is 9.11 Å². The van der Waals surface area contributed by atoms with E-state index in [-0.39, 0.29) is 0 Å². The molecule has 0 fully saturated rings. The Kier molecular flexibility index (Phi) is 2.12. The summed E-state index contributed by atoms with van der Waals surface area (Å²) >= 11 is 0. The molecule has 0 aromatic carbocycles. The first-order chi connectivity index (χ1) is 3.12. The van der Waals surface area contributed by atoms with E-state index in [1.807, 2.05) is 0 Å². The van der Waals surface area contributed by atoms with E-state index in [4.69, 9.17) is 9.11 Å². The van der Waals surface area contributed by atoms with Crippen LogP contribution in [0, 0.1) is 11.7 Å². The van der Waals surface area contributed by atoms with Gasteiger partial charge in [0.1, 0.15) is 0 Å². The van der Waals surface area contributed by atoms with Gasteiger partial charge >= 0.3 is 0 Å². The van der Waals surface area contributed by atoms with Gasteiger partial charge in [-0.1, -0.05) is 17.2 Å². The Morgan fingerprint density at radius 1 is 1.71 bits per heavy atom. The van der Waals surface area contributed by atoms with Crippen molar-refractivity contribution in [2.75, 3.05) is 7.05 Å². The second-order valence-electron chi connectivity index (χ2n) is 0.871. The standard InChI is InChI=1S/C3H7NO2S/c1-3-7(5,6)4-2/h1,4-6H,2H3. The summed E-state index contributed by atoms with van der Waals surface area (Å²) in [6, 6.07) is 0. The molecule has 0 bridgehead atoms. The number of hydrogen-bond acceptors (Lipinski definition) is 3. The van der Waals surface area contributed by atoms with Crippen molar-refractivity contribution >= 4 is 10.8 Å². The lowest BCUT2D eigenvalue weighted by Crippen LogP contribution is -2.11. The number of nitrogens with one attached hydrogen (secondary N) is 1. The lowest BCUT2D eigenvalue weighted by atomic mass is 11.4. The SMILES string of the molecule is C#CS(O)(O)NC. The minimum Gasteiger partial charge on any atom is -0.275 e. The van der Waals surface area contributed by atoms with Gasteiger partial charge in [-0.05, 0) is 0 Å². The van der Waals surface area contributed by atoms with Crippen LogP contribution in [0.5, 0.6) is 0 Å². The van der Waals surface area contributed by atoms with Crippen LogP contribution in [0.15, 0.2) is 0 Å². The van der Waals surface area contributed by atoms with Crippen molar-refractivity contribution in [3.63, 3.8) is 0 Å². The molecule has 7 heavy (non-hydrogen) atoms. The summed E-state index contributed by atoms with van der Waals surface area (Å²) in [5.41, 5.74) is 0. The lowest BCUT2D eigenvalue weighted by molar-refractivity contribution is 0.491. The normalized spacial score (nSPS) is 12.9. The fourth-order valence-electron chi connectivity index (χ4n) is 0.0589. The van der Waals surface area contributed by atoms with E-state index < -0.39 is 10.8 Å². The fourth-order valence-corrected chi connectivity index (χ4v) is 0.177. The Balaban J connectivity index is 3.66. The number of terminal acetylenes is 1. The first-order valence-corrected chi connectivity index (χ1v) is 3.11. The van der Waals surface area contributed by atoms with Gasteiger partial charge in [0.2, 0.25) is 0 Å². The van der Waals surface area contributed by atoms with Gasteiger partial charge < -0.3 is 0 Å². The molecule has 0 saturated heterocycles. The predicted octanol–water partition coefficient (Wildman–Crippen LogP) is 0.462. The lowest BCUT2D eigenvalue weighted by Gasteiger charge is -2.22. The van der Waals surface area contributed by atoms with Crippen molar-refractivity contribution in [1.29, 1.82) is 0 Å². The van der Waals surface area contributed by atoms with Gasteiger partial charge in [0.05, 0.1) is 0 Å². The third kappa shape index (κ3) is 2.48. The molecule has 0 aromatic heterocycles. The van der Waals surface area contributed by atoms with Crippen molar-refractivity contribution in [2.24, 2.45) is 0 Å². The molecule has 0 radical (unpaired) electrons. The largest absolute Gasteiger partial charge is 0.275 e. The van der Waals surface area contributed by atoms with Gasteiger partial charge in [0.15, 0.2) is 0 Å². The predicted molar refractivity (Wildman–Crippen MR) is 30.7 cm³/mol. The molecule has 0 spiro atoms. The summed E-state index contributed by atoms with van der Waals surface area (Å²) < 4.78 is 19.0. The first-order valence-electron chi connectivity index (χ1n) is 1.56. The Labute approximate surface area is 44.2 Å². The molecule has 0 atom stereocenters. The Hall–Kier alpha value is -0.210. The maximum atomic E-state index is 8.42. The second-order valence-corrected chi connectivity index (χ2v) is 2.61. The zero-order valence-electron chi connectivity index (χ0n) is 3.88. The van der Waals surface area contributed by atoms with Gasteiger partial charge in [0.25, 0.3) is 0 Å². The van der Waals surface area contributed by atoms with Crippen LogP contribution in [0.4, 0.5) is 0 Å². The highest BCUT2D eigenvalue weighted by Crippen LogP contribution is 2.28. The van der Waals surface area contributed by atoms with E-state index in [1.165, 1.54) is 7.05 Å². The molecule has 42 valence electrons. The van der Waals surface area contributed by atoms with Crippen molar-refractivity contribution in [3.05, 3.63) is 0 Å². The van der Waals surface area contributed by atoms with Crippen molar-refractivity contribution < 1.29 is 9.11 Å². The van der Waals surface area contributed by atoms with E-state index in [0.29, 0.717) is 0 Å². The topological polar surface area (TPSA) is 52.5 Å². The first kappa shape index (κ1) is 6.79. The summed E-state index contributed by atoms with van der Waals surface area (Å²) in [5.74, 6) is 0. The smallest absolute Gasteiger partial charge is 0.0392 e. The maximum absolute atomic E-state index is 8.42. The number of hydrogen-bond donors (Lipinski definition) is 3. The second kappa shape index (κ2) is 2.19. The molecule has 0 unspecified atom stereocenters. The zero-order valence-corrected chi connectivity index (χ0v) is 4.70. The molecular weight excluding hydrogens is 114 g/mol. The van der Waals surface area contributed by atoms with Crippen LogP contribution < -0.4 is 4.72 Å². The molecule has 0 saturated carbocycles. The van der Waals surface area contributed by atoms with E-state index in [2.05, 4.69) is 11.1 Å². The summed E-state index contributed by atoms with van der Waals surface area (Å²) in [4.78, 5) is 0. The van der Waals surface area contributed by atoms with Crippen molar-refractivity contribution in [2.45, 2.75) is 0 Å². The molecule has 0 heterocycles. The van der Waals surface area contributed by atoms with Crippen LogP contribution >= 0.6 is 10.8 Å². The summed E-state index contributed by atoms with van der Waals surface area (Å²) in [5, 5.41) is 1.77. The maximum Gasteiger partial charge on any atom is 0.0392 e. The molecule has 0 aliphatic heterocycles. The molecular formula is C3H7NO2S. The van der Waals surface area contributed by atoms with Crippen LogP contribution in [-0.2, 0) is 0 Å². The fraction of sp³-hybridized carbons (Fsp3) is 0.333. The average Bonchev–Trinajstić information content (AvgIpc) is 1.68. The van der Waals surface area contributed by atoms with E-state index in [0.717, 1.165) is 0 Å². The Morgan fingerprint density at radius 2 is 2.14 bits per heavy atom. The highest BCUT2D eigenvalue weighted by atomic mass is 32.3. The van der Waals surface area contributed by atoms with Crippen molar-refractivity contribution in [1.82, 2.24) is 4.72 Å². The molecule has 0 aromatic rings. The van der Waals surface area contributed by atoms with Crippen LogP contribution in [0.1, 0.15) is 0 Å². The third-order valence-corrected chi connectivity index (χ3v) is 1.35. The van der Waals surface area contributed by atoms with Crippen LogP contribution in [0.3, 0.4) is 0 Å². The van der Waals surface area contributed by atoms with Gasteiger partial charge in [0, 0.05) is 12.3 Å². The van der Waals surface area contributed by atoms with E-state index >= 15 is 0 Å². The summed E-state index contributed by atoms with van der Waals surface area (Å²) in [6.45, 7) is 0. The molecule has 0 amide bonds. The molecule has 3 nitrogen and oxygen atoms in total.